The van der Waals surface area contributed by atoms with E-state index in [1.807, 2.05) is 45.0 Å². The topological polar surface area (TPSA) is 102 Å². The van der Waals surface area contributed by atoms with Gasteiger partial charge in [-0.25, -0.2) is 4.98 Å². The van der Waals surface area contributed by atoms with Crippen molar-refractivity contribution in [1.82, 2.24) is 20.2 Å². The van der Waals surface area contributed by atoms with Crippen molar-refractivity contribution in [2.45, 2.75) is 33.4 Å². The molecular formula is C17H25N5O2. The summed E-state index contributed by atoms with van der Waals surface area (Å²) in [5.74, 6) is 0.394. The molecule has 0 aliphatic carbocycles. The van der Waals surface area contributed by atoms with E-state index in [0.717, 1.165) is 16.9 Å². The number of aryl methyl sites for hydroxylation is 1. The highest BCUT2D eigenvalue weighted by Gasteiger charge is 2.17. The molecule has 2 aromatic rings. The normalized spacial score (nSPS) is 12.4. The van der Waals surface area contributed by atoms with Gasteiger partial charge in [-0.2, -0.15) is 0 Å². The first kappa shape index (κ1) is 17.9. The first-order valence-electron chi connectivity index (χ1n) is 8.12. The first-order chi connectivity index (χ1) is 11.4. The molecule has 7 heteroatoms. The molecule has 2 amide bonds. The maximum Gasteiger partial charge on any atom is 0.239 e. The summed E-state index contributed by atoms with van der Waals surface area (Å²) in [5, 5.41) is 5.35. The second-order valence-corrected chi connectivity index (χ2v) is 6.14. The van der Waals surface area contributed by atoms with E-state index in [2.05, 4.69) is 20.2 Å². The summed E-state index contributed by atoms with van der Waals surface area (Å²) < 4.78 is 2.06. The zero-order valence-corrected chi connectivity index (χ0v) is 14.4. The van der Waals surface area contributed by atoms with E-state index in [1.165, 1.54) is 0 Å². The van der Waals surface area contributed by atoms with Crippen LogP contribution >= 0.6 is 0 Å². The summed E-state index contributed by atoms with van der Waals surface area (Å²) in [6, 6.07) is 7.28. The molecule has 0 aliphatic rings. The van der Waals surface area contributed by atoms with Gasteiger partial charge in [-0.3, -0.25) is 9.59 Å². The van der Waals surface area contributed by atoms with Crippen molar-refractivity contribution in [3.8, 4) is 0 Å². The lowest BCUT2D eigenvalue weighted by Gasteiger charge is -2.15. The molecule has 1 atom stereocenters. The molecule has 0 fully saturated rings. The Balaban J connectivity index is 1.80. The van der Waals surface area contributed by atoms with Gasteiger partial charge in [-0.1, -0.05) is 26.0 Å². The van der Waals surface area contributed by atoms with Gasteiger partial charge in [-0.15, -0.1) is 0 Å². The van der Waals surface area contributed by atoms with Crippen LogP contribution < -0.4 is 16.4 Å². The van der Waals surface area contributed by atoms with E-state index in [4.69, 9.17) is 5.73 Å². The molecule has 130 valence electrons. The molecule has 4 N–H and O–H groups in total. The van der Waals surface area contributed by atoms with E-state index >= 15 is 0 Å². The van der Waals surface area contributed by atoms with Gasteiger partial charge < -0.3 is 20.9 Å². The summed E-state index contributed by atoms with van der Waals surface area (Å²) in [7, 11) is 0. The highest BCUT2D eigenvalue weighted by molar-refractivity contribution is 5.87. The molecular weight excluding hydrogens is 306 g/mol. The van der Waals surface area contributed by atoms with Gasteiger partial charge in [0.25, 0.3) is 0 Å². The van der Waals surface area contributed by atoms with Crippen molar-refractivity contribution in [2.75, 3.05) is 13.1 Å². The number of hydrogen-bond donors (Lipinski definition) is 3. The molecule has 0 unspecified atom stereocenters. The first-order valence-corrected chi connectivity index (χ1v) is 8.12. The Morgan fingerprint density at radius 1 is 1.25 bits per heavy atom. The molecule has 0 bridgehead atoms. The number of amides is 2. The van der Waals surface area contributed by atoms with Crippen LogP contribution in [0.25, 0.3) is 11.0 Å². The number of nitrogens with two attached hydrogens (primary N) is 1. The quantitative estimate of drug-likeness (QED) is 0.690. The minimum atomic E-state index is -0.599. The van der Waals surface area contributed by atoms with Crippen LogP contribution in [0.1, 0.15) is 19.7 Å². The van der Waals surface area contributed by atoms with Crippen molar-refractivity contribution in [3.63, 3.8) is 0 Å². The lowest BCUT2D eigenvalue weighted by atomic mass is 10.1. The van der Waals surface area contributed by atoms with E-state index in [0.29, 0.717) is 13.1 Å². The Morgan fingerprint density at radius 2 is 1.96 bits per heavy atom. The van der Waals surface area contributed by atoms with Crippen LogP contribution in [0.4, 0.5) is 0 Å². The van der Waals surface area contributed by atoms with Crippen LogP contribution in [0.15, 0.2) is 24.3 Å². The lowest BCUT2D eigenvalue weighted by Crippen LogP contribution is -2.47. The van der Waals surface area contributed by atoms with Crippen molar-refractivity contribution in [3.05, 3.63) is 30.1 Å². The third-order valence-electron chi connectivity index (χ3n) is 3.95. The maximum atomic E-state index is 11.8. The number of imidazole rings is 1. The number of benzene rings is 1. The molecule has 7 nitrogen and oxygen atoms in total. The van der Waals surface area contributed by atoms with Crippen molar-refractivity contribution in [2.24, 2.45) is 11.7 Å². The summed E-state index contributed by atoms with van der Waals surface area (Å²) >= 11 is 0. The van der Waals surface area contributed by atoms with Gasteiger partial charge in [0.1, 0.15) is 5.82 Å². The Hall–Kier alpha value is -2.41. The van der Waals surface area contributed by atoms with E-state index in [1.54, 1.807) is 0 Å². The van der Waals surface area contributed by atoms with Gasteiger partial charge in [0.2, 0.25) is 11.8 Å². The minimum Gasteiger partial charge on any atom is -0.353 e. The van der Waals surface area contributed by atoms with Crippen molar-refractivity contribution < 1.29 is 9.59 Å². The zero-order valence-electron chi connectivity index (χ0n) is 14.4. The smallest absolute Gasteiger partial charge is 0.239 e. The number of carbonyl (C=O) groups excluding carboxylic acids is 2. The van der Waals surface area contributed by atoms with Crippen molar-refractivity contribution in [1.29, 1.82) is 0 Å². The molecule has 0 radical (unpaired) electrons. The summed E-state index contributed by atoms with van der Waals surface area (Å²) in [5.41, 5.74) is 7.71. The predicted octanol–water partition coefficient (Wildman–Crippen LogP) is 0.560. The fourth-order valence-corrected chi connectivity index (χ4v) is 2.44. The average molecular weight is 331 g/mol. The van der Waals surface area contributed by atoms with Crippen LogP contribution in [0.5, 0.6) is 0 Å². The fourth-order valence-electron chi connectivity index (χ4n) is 2.44. The second-order valence-electron chi connectivity index (χ2n) is 6.14. The molecule has 0 saturated carbocycles. The van der Waals surface area contributed by atoms with Gasteiger partial charge in [-0.05, 0) is 25.0 Å². The fraction of sp³-hybridized carbons (Fsp3) is 0.471. The molecule has 1 aromatic heterocycles. The van der Waals surface area contributed by atoms with Crippen LogP contribution in [-0.2, 0) is 16.1 Å². The molecule has 24 heavy (non-hydrogen) atoms. The molecule has 1 aromatic carbocycles. The Morgan fingerprint density at radius 3 is 2.67 bits per heavy atom. The number of fused-ring (bicyclic) bond motifs is 1. The summed E-state index contributed by atoms with van der Waals surface area (Å²) in [6.07, 6.45) is 0. The van der Waals surface area contributed by atoms with Crippen LogP contribution in [0.2, 0.25) is 0 Å². The summed E-state index contributed by atoms with van der Waals surface area (Å²) in [6.45, 7) is 6.69. The number of carbonyl (C=O) groups is 2. The molecule has 2 rings (SSSR count). The molecule has 0 saturated heterocycles. The maximum absolute atomic E-state index is 11.8. The van der Waals surface area contributed by atoms with Gasteiger partial charge in [0, 0.05) is 13.1 Å². The lowest BCUT2D eigenvalue weighted by molar-refractivity contribution is -0.127. The van der Waals surface area contributed by atoms with Gasteiger partial charge >= 0.3 is 0 Å². The van der Waals surface area contributed by atoms with E-state index < -0.39 is 6.04 Å². The Kier molecular flexibility index (Phi) is 5.92. The number of nitrogens with zero attached hydrogens (tertiary/aromatic N) is 2. The monoisotopic (exact) mass is 331 g/mol. The molecule has 1 heterocycles. The zero-order chi connectivity index (χ0) is 17.7. The Bertz CT molecular complexity index is 723. The predicted molar refractivity (Wildman–Crippen MR) is 93.3 cm³/mol. The minimum absolute atomic E-state index is 0.0329. The number of rotatable bonds is 7. The highest BCUT2D eigenvalue weighted by Crippen LogP contribution is 2.14. The molecule has 0 aliphatic heterocycles. The third-order valence-corrected chi connectivity index (χ3v) is 3.95. The number of aromatic nitrogens is 2. The number of para-hydroxylation sites is 2. The van der Waals surface area contributed by atoms with Crippen LogP contribution in [-0.4, -0.2) is 40.5 Å². The standard InChI is InChI=1S/C17H25N5O2/c1-11(2)16(18)17(24)20-10-15(23)19-8-9-22-12(3)21-13-6-4-5-7-14(13)22/h4-7,11,16H,8-10,18H2,1-3H3,(H,19,23)(H,20,24)/t16-/m0/s1. The van der Waals surface area contributed by atoms with Crippen LogP contribution in [0, 0.1) is 12.8 Å². The van der Waals surface area contributed by atoms with Gasteiger partial charge in [0.15, 0.2) is 0 Å². The SMILES string of the molecule is Cc1nc2ccccc2n1CCNC(=O)CNC(=O)[C@@H](N)C(C)C. The van der Waals surface area contributed by atoms with E-state index in [-0.39, 0.29) is 24.3 Å². The average Bonchev–Trinajstić information content (AvgIpc) is 2.87. The third kappa shape index (κ3) is 4.32. The summed E-state index contributed by atoms with van der Waals surface area (Å²) in [4.78, 5) is 28.0. The number of hydrogen-bond acceptors (Lipinski definition) is 4. The van der Waals surface area contributed by atoms with Crippen molar-refractivity contribution >= 4 is 22.8 Å². The van der Waals surface area contributed by atoms with Gasteiger partial charge in [0.05, 0.1) is 23.6 Å². The van der Waals surface area contributed by atoms with Crippen LogP contribution in [0.3, 0.4) is 0 Å². The highest BCUT2D eigenvalue weighted by atomic mass is 16.2. The Labute approximate surface area is 141 Å². The second kappa shape index (κ2) is 7.92. The van der Waals surface area contributed by atoms with E-state index in [9.17, 15) is 9.59 Å². The largest absolute Gasteiger partial charge is 0.353 e. The molecule has 0 spiro atoms. The number of nitrogens with one attached hydrogen (secondary N) is 2.